The highest BCUT2D eigenvalue weighted by molar-refractivity contribution is 7.91. The molecule has 114 valence electrons. The van der Waals surface area contributed by atoms with Gasteiger partial charge in [-0.3, -0.25) is 0 Å². The monoisotopic (exact) mass is 315 g/mol. The van der Waals surface area contributed by atoms with Crippen LogP contribution in [0, 0.1) is 11.3 Å². The van der Waals surface area contributed by atoms with Crippen molar-refractivity contribution in [2.45, 2.75) is 29.6 Å². The molecule has 0 bridgehead atoms. The van der Waals surface area contributed by atoms with Gasteiger partial charge < -0.3 is 5.11 Å². The van der Waals surface area contributed by atoms with E-state index in [2.05, 4.69) is 0 Å². The number of rotatable bonds is 5. The SMILES string of the molecule is CCC(O)C(c1cccc(C#N)c1)S(=O)(=O)c1ccccc1. The van der Waals surface area contributed by atoms with E-state index in [4.69, 9.17) is 5.26 Å². The van der Waals surface area contributed by atoms with Gasteiger partial charge in [-0.2, -0.15) is 5.26 Å². The number of benzene rings is 2. The van der Waals surface area contributed by atoms with Gasteiger partial charge in [0, 0.05) is 0 Å². The Hall–Kier alpha value is -2.16. The maximum atomic E-state index is 12.9. The predicted octanol–water partition coefficient (Wildman–Crippen LogP) is 2.84. The Morgan fingerprint density at radius 1 is 1.14 bits per heavy atom. The molecule has 0 spiro atoms. The lowest BCUT2D eigenvalue weighted by atomic mass is 10.0. The van der Waals surface area contributed by atoms with Gasteiger partial charge in [0.1, 0.15) is 5.25 Å². The van der Waals surface area contributed by atoms with Crippen LogP contribution in [0.1, 0.15) is 29.7 Å². The van der Waals surface area contributed by atoms with E-state index < -0.39 is 21.2 Å². The van der Waals surface area contributed by atoms with Crippen molar-refractivity contribution < 1.29 is 13.5 Å². The Kier molecular flexibility index (Phi) is 4.96. The van der Waals surface area contributed by atoms with E-state index in [-0.39, 0.29) is 4.90 Å². The summed E-state index contributed by atoms with van der Waals surface area (Å²) in [7, 11) is -3.75. The Morgan fingerprint density at radius 3 is 2.41 bits per heavy atom. The first-order valence-corrected chi connectivity index (χ1v) is 8.52. The van der Waals surface area contributed by atoms with Crippen LogP contribution in [0.5, 0.6) is 0 Å². The third kappa shape index (κ3) is 3.19. The minimum Gasteiger partial charge on any atom is -0.391 e. The number of nitriles is 1. The van der Waals surface area contributed by atoms with Crippen LogP contribution in [0.15, 0.2) is 59.5 Å². The van der Waals surface area contributed by atoms with E-state index in [9.17, 15) is 13.5 Å². The average Bonchev–Trinajstić information content (AvgIpc) is 2.55. The van der Waals surface area contributed by atoms with E-state index in [0.717, 1.165) is 0 Å². The molecule has 0 heterocycles. The number of nitrogens with zero attached hydrogens (tertiary/aromatic N) is 1. The van der Waals surface area contributed by atoms with E-state index in [0.29, 0.717) is 17.5 Å². The topological polar surface area (TPSA) is 78.2 Å². The van der Waals surface area contributed by atoms with Gasteiger partial charge >= 0.3 is 0 Å². The van der Waals surface area contributed by atoms with Gasteiger partial charge in [-0.05, 0) is 36.2 Å². The molecule has 22 heavy (non-hydrogen) atoms. The fraction of sp³-hybridized carbons (Fsp3) is 0.235. The highest BCUT2D eigenvalue weighted by atomic mass is 32.2. The standard InChI is InChI=1S/C17H17NO3S/c1-2-16(19)17(14-8-6-7-13(11-14)12-18)22(20,21)15-9-4-3-5-10-15/h3-11,16-17,19H,2H2,1H3. The van der Waals surface area contributed by atoms with Crippen molar-refractivity contribution in [1.29, 1.82) is 5.26 Å². The molecule has 2 atom stereocenters. The third-order valence-corrected chi connectivity index (χ3v) is 5.70. The Balaban J connectivity index is 2.58. The molecule has 1 N–H and O–H groups in total. The molecule has 2 unspecified atom stereocenters. The maximum absolute atomic E-state index is 12.9. The molecule has 0 aromatic heterocycles. The van der Waals surface area contributed by atoms with Crippen molar-refractivity contribution in [3.05, 3.63) is 65.7 Å². The Bertz CT molecular complexity index is 779. The van der Waals surface area contributed by atoms with Gasteiger partial charge in [0.15, 0.2) is 9.84 Å². The lowest BCUT2D eigenvalue weighted by Gasteiger charge is -2.23. The summed E-state index contributed by atoms with van der Waals surface area (Å²) in [4.78, 5) is 0.162. The molecule has 0 saturated heterocycles. The van der Waals surface area contributed by atoms with Crippen LogP contribution in [0.3, 0.4) is 0 Å². The molecular formula is C17H17NO3S. The second-order valence-corrected chi connectivity index (χ2v) is 7.06. The molecule has 0 fully saturated rings. The van der Waals surface area contributed by atoms with Crippen LogP contribution in [-0.2, 0) is 9.84 Å². The number of aliphatic hydroxyl groups is 1. The van der Waals surface area contributed by atoms with E-state index in [1.54, 1.807) is 43.3 Å². The van der Waals surface area contributed by atoms with Crippen LogP contribution < -0.4 is 0 Å². The summed E-state index contributed by atoms with van der Waals surface area (Å²) < 4.78 is 25.8. The third-order valence-electron chi connectivity index (χ3n) is 3.52. The highest BCUT2D eigenvalue weighted by Gasteiger charge is 2.34. The first kappa shape index (κ1) is 16.2. The fourth-order valence-electron chi connectivity index (χ4n) is 2.36. The fourth-order valence-corrected chi connectivity index (χ4v) is 4.30. The number of hydrogen-bond donors (Lipinski definition) is 1. The lowest BCUT2D eigenvalue weighted by Crippen LogP contribution is -2.26. The molecule has 2 aromatic rings. The van der Waals surface area contributed by atoms with Crippen LogP contribution >= 0.6 is 0 Å². The van der Waals surface area contributed by atoms with Gasteiger partial charge in [-0.1, -0.05) is 37.3 Å². The predicted molar refractivity (Wildman–Crippen MR) is 83.8 cm³/mol. The van der Waals surface area contributed by atoms with Crippen molar-refractivity contribution in [3.8, 4) is 6.07 Å². The maximum Gasteiger partial charge on any atom is 0.187 e. The van der Waals surface area contributed by atoms with Gasteiger partial charge in [0.2, 0.25) is 0 Å². The van der Waals surface area contributed by atoms with Gasteiger partial charge in [-0.25, -0.2) is 8.42 Å². The first-order valence-electron chi connectivity index (χ1n) is 6.97. The summed E-state index contributed by atoms with van der Waals surface area (Å²) in [5.41, 5.74) is 0.798. The summed E-state index contributed by atoms with van der Waals surface area (Å²) in [6.45, 7) is 1.73. The van der Waals surface area contributed by atoms with Crippen LogP contribution in [-0.4, -0.2) is 19.6 Å². The Morgan fingerprint density at radius 2 is 1.82 bits per heavy atom. The molecule has 2 rings (SSSR count). The minimum absolute atomic E-state index is 0.162. The van der Waals surface area contributed by atoms with Crippen molar-refractivity contribution in [2.75, 3.05) is 0 Å². The number of sulfone groups is 1. The van der Waals surface area contributed by atoms with Crippen molar-refractivity contribution in [2.24, 2.45) is 0 Å². The second-order valence-electron chi connectivity index (χ2n) is 4.99. The summed E-state index contributed by atoms with van der Waals surface area (Å²) in [6.07, 6.45) is -0.743. The molecular weight excluding hydrogens is 298 g/mol. The normalized spacial score (nSPS) is 14.0. The number of hydrogen-bond acceptors (Lipinski definition) is 4. The molecule has 2 aromatic carbocycles. The van der Waals surface area contributed by atoms with Crippen molar-refractivity contribution in [1.82, 2.24) is 0 Å². The van der Waals surface area contributed by atoms with Crippen LogP contribution in [0.2, 0.25) is 0 Å². The summed E-state index contributed by atoms with van der Waals surface area (Å²) in [6, 6.07) is 16.4. The molecule has 0 radical (unpaired) electrons. The van der Waals surface area contributed by atoms with Crippen molar-refractivity contribution in [3.63, 3.8) is 0 Å². The largest absolute Gasteiger partial charge is 0.391 e. The zero-order valence-corrected chi connectivity index (χ0v) is 13.0. The summed E-state index contributed by atoms with van der Waals surface area (Å²) in [5.74, 6) is 0. The molecule has 0 aliphatic heterocycles. The zero-order valence-electron chi connectivity index (χ0n) is 12.2. The molecule has 0 saturated carbocycles. The molecule has 4 nitrogen and oxygen atoms in total. The number of aliphatic hydroxyl groups excluding tert-OH is 1. The van der Waals surface area contributed by atoms with E-state index in [1.807, 2.05) is 6.07 Å². The quantitative estimate of drug-likeness (QED) is 0.920. The van der Waals surface area contributed by atoms with Crippen molar-refractivity contribution >= 4 is 9.84 Å². The van der Waals surface area contributed by atoms with Gasteiger partial charge in [-0.15, -0.1) is 0 Å². The first-order chi connectivity index (χ1) is 10.5. The Labute approximate surface area is 130 Å². The highest BCUT2D eigenvalue weighted by Crippen LogP contribution is 2.33. The summed E-state index contributed by atoms with van der Waals surface area (Å²) in [5, 5.41) is 18.2. The minimum atomic E-state index is -3.75. The zero-order chi connectivity index (χ0) is 16.2. The molecule has 5 heteroatoms. The van der Waals surface area contributed by atoms with Crippen LogP contribution in [0.4, 0.5) is 0 Å². The van der Waals surface area contributed by atoms with Gasteiger partial charge in [0.25, 0.3) is 0 Å². The molecule has 0 aliphatic rings. The molecule has 0 aliphatic carbocycles. The summed E-state index contributed by atoms with van der Waals surface area (Å²) >= 11 is 0. The van der Waals surface area contributed by atoms with E-state index in [1.165, 1.54) is 18.2 Å². The molecule has 0 amide bonds. The average molecular weight is 315 g/mol. The van der Waals surface area contributed by atoms with Gasteiger partial charge in [0.05, 0.1) is 22.6 Å². The van der Waals surface area contributed by atoms with E-state index >= 15 is 0 Å². The van der Waals surface area contributed by atoms with Crippen LogP contribution in [0.25, 0.3) is 0 Å². The lowest BCUT2D eigenvalue weighted by molar-refractivity contribution is 0.164. The smallest absolute Gasteiger partial charge is 0.187 e. The second kappa shape index (κ2) is 6.73.